The van der Waals surface area contributed by atoms with Crippen molar-refractivity contribution in [2.45, 2.75) is 13.3 Å². The van der Waals surface area contributed by atoms with E-state index in [2.05, 4.69) is 0 Å². The first-order valence-corrected chi connectivity index (χ1v) is 4.45. The Bertz CT molecular complexity index is 312. The maximum absolute atomic E-state index is 11.4. The van der Waals surface area contributed by atoms with Gasteiger partial charge < -0.3 is 4.74 Å². The van der Waals surface area contributed by atoms with E-state index in [0.717, 1.165) is 6.42 Å². The van der Waals surface area contributed by atoms with E-state index in [1.54, 1.807) is 24.3 Å². The number of ether oxygens (including phenoxy) is 1. The highest BCUT2D eigenvalue weighted by molar-refractivity contribution is 5.95. The molecule has 2 N–H and O–H groups in total. The molecule has 0 bridgehead atoms. The van der Waals surface area contributed by atoms with Crippen LogP contribution in [-0.2, 0) is 4.74 Å². The van der Waals surface area contributed by atoms with Gasteiger partial charge >= 0.3 is 5.97 Å². The molecule has 0 aromatic heterocycles. The average Bonchev–Trinajstić information content (AvgIpc) is 2.25. The lowest BCUT2D eigenvalue weighted by Gasteiger charge is -2.06. The van der Waals surface area contributed by atoms with Crippen LogP contribution in [0.15, 0.2) is 24.3 Å². The van der Waals surface area contributed by atoms with Gasteiger partial charge in [-0.1, -0.05) is 19.1 Å². The molecule has 0 unspecified atom stereocenters. The van der Waals surface area contributed by atoms with Crippen molar-refractivity contribution < 1.29 is 14.7 Å². The first-order valence-electron chi connectivity index (χ1n) is 4.45. The second kappa shape index (κ2) is 5.24. The zero-order valence-electron chi connectivity index (χ0n) is 7.99. The topological polar surface area (TPSA) is 58.6 Å². The molecule has 1 aromatic carbocycles. The molecule has 0 fully saturated rings. The number of benzene rings is 1. The summed E-state index contributed by atoms with van der Waals surface area (Å²) in [6, 6.07) is 6.62. The second-order valence-electron chi connectivity index (χ2n) is 2.79. The van der Waals surface area contributed by atoms with E-state index in [4.69, 9.17) is 9.94 Å². The van der Waals surface area contributed by atoms with Crippen molar-refractivity contribution in [2.24, 2.45) is 0 Å². The Labute approximate surface area is 82.5 Å². The molecule has 0 atom stereocenters. The Hall–Kier alpha value is -1.55. The van der Waals surface area contributed by atoms with Gasteiger partial charge in [0.05, 0.1) is 17.9 Å². The standard InChI is InChI=1S/C10H13NO3/c1-2-7-14-10(12)8-5-3-4-6-9(8)11-13/h3-6,11,13H,2,7H2,1H3. The molecule has 1 aromatic rings. The number of hydrogen-bond acceptors (Lipinski definition) is 4. The summed E-state index contributed by atoms with van der Waals surface area (Å²) in [6.45, 7) is 2.31. The minimum atomic E-state index is -0.427. The molecule has 0 aliphatic carbocycles. The average molecular weight is 195 g/mol. The molecule has 0 amide bonds. The van der Waals surface area contributed by atoms with Crippen LogP contribution < -0.4 is 5.48 Å². The van der Waals surface area contributed by atoms with Crippen molar-refractivity contribution in [3.8, 4) is 0 Å². The van der Waals surface area contributed by atoms with Crippen LogP contribution in [0.5, 0.6) is 0 Å². The summed E-state index contributed by atoms with van der Waals surface area (Å²) in [5.74, 6) is -0.427. The normalized spacial score (nSPS) is 9.57. The van der Waals surface area contributed by atoms with Crippen LogP contribution in [0.2, 0.25) is 0 Å². The Kier molecular flexibility index (Phi) is 3.94. The molecule has 4 heteroatoms. The number of para-hydroxylation sites is 1. The van der Waals surface area contributed by atoms with Gasteiger partial charge in [-0.3, -0.25) is 10.7 Å². The lowest BCUT2D eigenvalue weighted by Crippen LogP contribution is -2.08. The Morgan fingerprint density at radius 2 is 2.21 bits per heavy atom. The van der Waals surface area contributed by atoms with Crippen LogP contribution in [0.1, 0.15) is 23.7 Å². The van der Waals surface area contributed by atoms with E-state index in [9.17, 15) is 4.79 Å². The van der Waals surface area contributed by atoms with Gasteiger partial charge in [0.2, 0.25) is 0 Å². The Balaban J connectivity index is 2.78. The van der Waals surface area contributed by atoms with E-state index in [1.807, 2.05) is 12.4 Å². The molecule has 0 spiro atoms. The highest BCUT2D eigenvalue weighted by Crippen LogP contribution is 2.14. The van der Waals surface area contributed by atoms with Crippen LogP contribution in [-0.4, -0.2) is 17.8 Å². The summed E-state index contributed by atoms with van der Waals surface area (Å²) in [6.07, 6.45) is 0.778. The minimum Gasteiger partial charge on any atom is -0.462 e. The monoisotopic (exact) mass is 195 g/mol. The summed E-state index contributed by atoms with van der Waals surface area (Å²) in [7, 11) is 0. The Morgan fingerprint density at radius 3 is 2.86 bits per heavy atom. The predicted molar refractivity (Wildman–Crippen MR) is 52.4 cm³/mol. The fraction of sp³-hybridized carbons (Fsp3) is 0.300. The number of anilines is 1. The van der Waals surface area contributed by atoms with Crippen molar-refractivity contribution in [1.82, 2.24) is 0 Å². The van der Waals surface area contributed by atoms with E-state index in [-0.39, 0.29) is 0 Å². The molecular weight excluding hydrogens is 182 g/mol. The first-order chi connectivity index (χ1) is 6.79. The van der Waals surface area contributed by atoms with Crippen molar-refractivity contribution in [3.63, 3.8) is 0 Å². The maximum atomic E-state index is 11.4. The number of hydrogen-bond donors (Lipinski definition) is 2. The highest BCUT2D eigenvalue weighted by atomic mass is 16.5. The third kappa shape index (κ3) is 2.47. The second-order valence-corrected chi connectivity index (χ2v) is 2.79. The van der Waals surface area contributed by atoms with Crippen molar-refractivity contribution in [2.75, 3.05) is 12.1 Å². The summed E-state index contributed by atoms with van der Waals surface area (Å²) < 4.78 is 4.93. The van der Waals surface area contributed by atoms with E-state index in [1.165, 1.54) is 0 Å². The van der Waals surface area contributed by atoms with Gasteiger partial charge in [0.15, 0.2) is 0 Å². The number of carbonyl (C=O) groups excluding carboxylic acids is 1. The number of carbonyl (C=O) groups is 1. The number of esters is 1. The highest BCUT2D eigenvalue weighted by Gasteiger charge is 2.10. The lowest BCUT2D eigenvalue weighted by atomic mass is 10.2. The zero-order valence-corrected chi connectivity index (χ0v) is 7.99. The van der Waals surface area contributed by atoms with Crippen molar-refractivity contribution in [1.29, 1.82) is 0 Å². The summed E-state index contributed by atoms with van der Waals surface area (Å²) in [5, 5.41) is 8.73. The fourth-order valence-corrected chi connectivity index (χ4v) is 1.03. The molecular formula is C10H13NO3. The fourth-order valence-electron chi connectivity index (χ4n) is 1.03. The molecule has 76 valence electrons. The third-order valence-corrected chi connectivity index (χ3v) is 1.70. The molecule has 0 aliphatic rings. The SMILES string of the molecule is CCCOC(=O)c1ccccc1NO. The largest absolute Gasteiger partial charge is 0.462 e. The molecule has 0 heterocycles. The van der Waals surface area contributed by atoms with E-state index >= 15 is 0 Å². The lowest BCUT2D eigenvalue weighted by molar-refractivity contribution is 0.0505. The molecule has 0 aliphatic heterocycles. The zero-order chi connectivity index (χ0) is 10.4. The molecule has 1 rings (SSSR count). The molecule has 0 saturated heterocycles. The van der Waals surface area contributed by atoms with Gasteiger partial charge in [-0.2, -0.15) is 0 Å². The van der Waals surface area contributed by atoms with Gasteiger partial charge in [-0.15, -0.1) is 0 Å². The van der Waals surface area contributed by atoms with E-state index in [0.29, 0.717) is 17.9 Å². The van der Waals surface area contributed by atoms with Gasteiger partial charge in [-0.25, -0.2) is 4.79 Å². The first kappa shape index (κ1) is 10.5. The van der Waals surface area contributed by atoms with E-state index < -0.39 is 5.97 Å². The van der Waals surface area contributed by atoms with Gasteiger partial charge in [0.1, 0.15) is 0 Å². The van der Waals surface area contributed by atoms with Crippen LogP contribution in [0.25, 0.3) is 0 Å². The molecule has 0 saturated carbocycles. The van der Waals surface area contributed by atoms with Gasteiger partial charge in [0, 0.05) is 0 Å². The Morgan fingerprint density at radius 1 is 1.50 bits per heavy atom. The predicted octanol–water partition coefficient (Wildman–Crippen LogP) is 2.05. The third-order valence-electron chi connectivity index (χ3n) is 1.70. The maximum Gasteiger partial charge on any atom is 0.340 e. The number of nitrogens with one attached hydrogen (secondary N) is 1. The molecule has 0 radical (unpaired) electrons. The van der Waals surface area contributed by atoms with Gasteiger partial charge in [-0.05, 0) is 18.6 Å². The van der Waals surface area contributed by atoms with Gasteiger partial charge in [0.25, 0.3) is 0 Å². The van der Waals surface area contributed by atoms with Crippen LogP contribution in [0, 0.1) is 0 Å². The van der Waals surface area contributed by atoms with Crippen LogP contribution in [0.4, 0.5) is 5.69 Å². The summed E-state index contributed by atoms with van der Waals surface area (Å²) in [5.41, 5.74) is 2.64. The van der Waals surface area contributed by atoms with Crippen LogP contribution >= 0.6 is 0 Å². The number of rotatable bonds is 4. The summed E-state index contributed by atoms with van der Waals surface area (Å²) in [4.78, 5) is 11.4. The molecule has 4 nitrogen and oxygen atoms in total. The van der Waals surface area contributed by atoms with Crippen LogP contribution in [0.3, 0.4) is 0 Å². The quantitative estimate of drug-likeness (QED) is 0.570. The summed E-state index contributed by atoms with van der Waals surface area (Å²) >= 11 is 0. The minimum absolute atomic E-state index is 0.337. The smallest absolute Gasteiger partial charge is 0.340 e. The van der Waals surface area contributed by atoms with Crippen molar-refractivity contribution in [3.05, 3.63) is 29.8 Å². The van der Waals surface area contributed by atoms with Crippen molar-refractivity contribution >= 4 is 11.7 Å². The molecule has 14 heavy (non-hydrogen) atoms.